The minimum Gasteiger partial charge on any atom is -0.409 e. The van der Waals surface area contributed by atoms with Gasteiger partial charge in [0.2, 0.25) is 0 Å². The number of pyridine rings is 1. The molecule has 0 bridgehead atoms. The van der Waals surface area contributed by atoms with Gasteiger partial charge in [-0.1, -0.05) is 38.9 Å². The second-order valence-electron chi connectivity index (χ2n) is 3.40. The smallest absolute Gasteiger partial charge is 0.171 e. The molecule has 0 spiro atoms. The van der Waals surface area contributed by atoms with E-state index in [0.29, 0.717) is 5.56 Å². The summed E-state index contributed by atoms with van der Waals surface area (Å²) < 4.78 is 0.926. The van der Waals surface area contributed by atoms with E-state index in [0.717, 1.165) is 14.4 Å². The fourth-order valence-corrected chi connectivity index (χ4v) is 2.83. The Hall–Kier alpha value is -1.53. The Kier molecular flexibility index (Phi) is 4.22. The SMILES string of the molecule is N/C(=N/O)c1ccc(Br)cc1Sc1ccccn1. The molecule has 2 aromatic rings. The van der Waals surface area contributed by atoms with Crippen LogP contribution in [0, 0.1) is 0 Å². The summed E-state index contributed by atoms with van der Waals surface area (Å²) >= 11 is 4.86. The van der Waals surface area contributed by atoms with Crippen LogP contribution in [-0.2, 0) is 0 Å². The van der Waals surface area contributed by atoms with Gasteiger partial charge in [0, 0.05) is 21.1 Å². The van der Waals surface area contributed by atoms with Crippen molar-refractivity contribution in [2.24, 2.45) is 10.9 Å². The number of nitrogens with zero attached hydrogens (tertiary/aromatic N) is 2. The minimum atomic E-state index is 0.0842. The number of benzene rings is 1. The Morgan fingerprint density at radius 3 is 2.83 bits per heavy atom. The van der Waals surface area contributed by atoms with Crippen LogP contribution >= 0.6 is 27.7 Å². The topological polar surface area (TPSA) is 71.5 Å². The van der Waals surface area contributed by atoms with Crippen molar-refractivity contribution >= 4 is 33.5 Å². The molecule has 1 aromatic carbocycles. The molecule has 0 aliphatic heterocycles. The summed E-state index contributed by atoms with van der Waals surface area (Å²) in [6, 6.07) is 11.2. The van der Waals surface area contributed by atoms with E-state index in [4.69, 9.17) is 10.9 Å². The summed E-state index contributed by atoms with van der Waals surface area (Å²) in [7, 11) is 0. The van der Waals surface area contributed by atoms with Crippen LogP contribution in [0.4, 0.5) is 0 Å². The molecule has 0 unspecified atom stereocenters. The third-order valence-corrected chi connectivity index (χ3v) is 3.68. The quantitative estimate of drug-likeness (QED) is 0.394. The molecule has 92 valence electrons. The molecule has 0 saturated heterocycles. The highest BCUT2D eigenvalue weighted by Crippen LogP contribution is 2.31. The monoisotopic (exact) mass is 323 g/mol. The lowest BCUT2D eigenvalue weighted by Gasteiger charge is -2.07. The average Bonchev–Trinajstić information content (AvgIpc) is 2.39. The summed E-state index contributed by atoms with van der Waals surface area (Å²) in [6.45, 7) is 0. The summed E-state index contributed by atoms with van der Waals surface area (Å²) in [5.41, 5.74) is 6.33. The van der Waals surface area contributed by atoms with E-state index in [1.165, 1.54) is 11.8 Å². The highest BCUT2D eigenvalue weighted by Gasteiger charge is 2.09. The summed E-state index contributed by atoms with van der Waals surface area (Å²) in [4.78, 5) is 5.11. The van der Waals surface area contributed by atoms with Gasteiger partial charge in [-0.25, -0.2) is 4.98 Å². The molecule has 0 aliphatic rings. The van der Waals surface area contributed by atoms with Crippen molar-refractivity contribution in [3.05, 3.63) is 52.6 Å². The van der Waals surface area contributed by atoms with E-state index in [1.54, 1.807) is 12.3 Å². The van der Waals surface area contributed by atoms with Crippen LogP contribution in [0.1, 0.15) is 5.56 Å². The highest BCUT2D eigenvalue weighted by atomic mass is 79.9. The number of aromatic nitrogens is 1. The molecular formula is C12H10BrN3OS. The maximum Gasteiger partial charge on any atom is 0.171 e. The molecule has 0 amide bonds. The number of rotatable bonds is 3. The zero-order valence-electron chi connectivity index (χ0n) is 9.25. The van der Waals surface area contributed by atoms with Crippen LogP contribution in [-0.4, -0.2) is 16.0 Å². The van der Waals surface area contributed by atoms with Gasteiger partial charge >= 0.3 is 0 Å². The lowest BCUT2D eigenvalue weighted by molar-refractivity contribution is 0.318. The van der Waals surface area contributed by atoms with Crippen molar-refractivity contribution in [3.8, 4) is 0 Å². The Morgan fingerprint density at radius 1 is 1.33 bits per heavy atom. The lowest BCUT2D eigenvalue weighted by Crippen LogP contribution is -2.14. The van der Waals surface area contributed by atoms with Crippen molar-refractivity contribution in [1.82, 2.24) is 4.98 Å². The Labute approximate surface area is 117 Å². The van der Waals surface area contributed by atoms with Crippen molar-refractivity contribution in [2.75, 3.05) is 0 Å². The zero-order valence-corrected chi connectivity index (χ0v) is 11.6. The van der Waals surface area contributed by atoms with Gasteiger partial charge in [0.05, 0.1) is 0 Å². The van der Waals surface area contributed by atoms with Crippen LogP contribution in [0.2, 0.25) is 0 Å². The van der Waals surface area contributed by atoms with Crippen LogP contribution in [0.15, 0.2) is 62.1 Å². The standard InChI is InChI=1S/C12H10BrN3OS/c13-8-4-5-9(12(14)16-17)10(7-8)18-11-3-1-2-6-15-11/h1-7,17H,(H2,14,16). The number of halogens is 1. The number of nitrogens with two attached hydrogens (primary N) is 1. The first-order valence-corrected chi connectivity index (χ1v) is 6.68. The first-order chi connectivity index (χ1) is 8.70. The van der Waals surface area contributed by atoms with E-state index in [2.05, 4.69) is 26.1 Å². The minimum absolute atomic E-state index is 0.0842. The van der Waals surface area contributed by atoms with Gasteiger partial charge in [0.15, 0.2) is 5.84 Å². The maximum atomic E-state index is 8.77. The fourth-order valence-electron chi connectivity index (χ4n) is 1.37. The molecule has 1 aromatic heterocycles. The molecule has 0 atom stereocenters. The van der Waals surface area contributed by atoms with Crippen LogP contribution < -0.4 is 5.73 Å². The largest absolute Gasteiger partial charge is 0.409 e. The van der Waals surface area contributed by atoms with E-state index < -0.39 is 0 Å². The zero-order chi connectivity index (χ0) is 13.0. The predicted molar refractivity (Wildman–Crippen MR) is 75.0 cm³/mol. The van der Waals surface area contributed by atoms with E-state index in [1.807, 2.05) is 30.3 Å². The van der Waals surface area contributed by atoms with Gasteiger partial charge in [-0.3, -0.25) is 0 Å². The predicted octanol–water partition coefficient (Wildman–Crippen LogP) is 3.09. The fraction of sp³-hybridized carbons (Fsp3) is 0. The average molecular weight is 324 g/mol. The van der Waals surface area contributed by atoms with Gasteiger partial charge in [-0.05, 0) is 30.3 Å². The lowest BCUT2D eigenvalue weighted by atomic mass is 10.2. The highest BCUT2D eigenvalue weighted by molar-refractivity contribution is 9.10. The molecule has 2 rings (SSSR count). The summed E-state index contributed by atoms with van der Waals surface area (Å²) in [5.74, 6) is 0.0842. The molecule has 0 aliphatic carbocycles. The summed E-state index contributed by atoms with van der Waals surface area (Å²) in [6.07, 6.45) is 1.73. The third kappa shape index (κ3) is 3.02. The summed E-state index contributed by atoms with van der Waals surface area (Å²) in [5, 5.41) is 12.7. The second kappa shape index (κ2) is 5.88. The third-order valence-electron chi connectivity index (χ3n) is 2.18. The first kappa shape index (κ1) is 12.9. The number of oxime groups is 1. The number of hydrogen-bond acceptors (Lipinski definition) is 4. The van der Waals surface area contributed by atoms with E-state index in [9.17, 15) is 0 Å². The Bertz CT molecular complexity index is 575. The Balaban J connectivity index is 2.40. The number of amidine groups is 1. The van der Waals surface area contributed by atoms with E-state index in [-0.39, 0.29) is 5.84 Å². The molecule has 1 heterocycles. The van der Waals surface area contributed by atoms with Gasteiger partial charge in [0.25, 0.3) is 0 Å². The molecule has 6 heteroatoms. The molecule has 0 radical (unpaired) electrons. The molecule has 3 N–H and O–H groups in total. The van der Waals surface area contributed by atoms with Crippen LogP contribution in [0.25, 0.3) is 0 Å². The van der Waals surface area contributed by atoms with Crippen LogP contribution in [0.3, 0.4) is 0 Å². The molecule has 18 heavy (non-hydrogen) atoms. The van der Waals surface area contributed by atoms with Gasteiger partial charge in [0.1, 0.15) is 5.03 Å². The van der Waals surface area contributed by atoms with Crippen molar-refractivity contribution < 1.29 is 5.21 Å². The Morgan fingerprint density at radius 2 is 2.17 bits per heavy atom. The second-order valence-corrected chi connectivity index (χ2v) is 5.37. The molecule has 0 fully saturated rings. The van der Waals surface area contributed by atoms with E-state index >= 15 is 0 Å². The molecular weight excluding hydrogens is 314 g/mol. The normalized spacial score (nSPS) is 11.5. The molecule has 4 nitrogen and oxygen atoms in total. The maximum absolute atomic E-state index is 8.77. The number of hydrogen-bond donors (Lipinski definition) is 2. The van der Waals surface area contributed by atoms with Gasteiger partial charge in [-0.15, -0.1) is 0 Å². The van der Waals surface area contributed by atoms with Gasteiger partial charge < -0.3 is 10.9 Å². The van der Waals surface area contributed by atoms with Crippen LogP contribution in [0.5, 0.6) is 0 Å². The van der Waals surface area contributed by atoms with Crippen molar-refractivity contribution in [3.63, 3.8) is 0 Å². The first-order valence-electron chi connectivity index (χ1n) is 5.07. The van der Waals surface area contributed by atoms with Gasteiger partial charge in [-0.2, -0.15) is 0 Å². The van der Waals surface area contributed by atoms with Crippen molar-refractivity contribution in [2.45, 2.75) is 9.92 Å². The van der Waals surface area contributed by atoms with Crippen molar-refractivity contribution in [1.29, 1.82) is 0 Å². The molecule has 0 saturated carbocycles.